The maximum atomic E-state index is 12.7. The summed E-state index contributed by atoms with van der Waals surface area (Å²) in [5.74, 6) is 1.38. The van der Waals surface area contributed by atoms with E-state index >= 15 is 0 Å². The predicted octanol–water partition coefficient (Wildman–Crippen LogP) is 2.97. The maximum Gasteiger partial charge on any atom is 0.236 e. The Morgan fingerprint density at radius 3 is 2.51 bits per heavy atom. The van der Waals surface area contributed by atoms with E-state index in [2.05, 4.69) is 9.88 Å². The molecule has 1 aromatic heterocycles. The van der Waals surface area contributed by atoms with Crippen LogP contribution in [0, 0.1) is 0 Å². The van der Waals surface area contributed by atoms with E-state index in [1.807, 2.05) is 23.1 Å². The van der Waals surface area contributed by atoms with Crippen molar-refractivity contribution in [2.24, 2.45) is 4.99 Å². The number of aromatic nitrogens is 1. The Kier molecular flexibility index (Phi) is 6.97. The lowest BCUT2D eigenvalue weighted by Gasteiger charge is -2.33. The molecule has 0 saturated carbocycles. The van der Waals surface area contributed by atoms with E-state index in [0.29, 0.717) is 61.2 Å². The van der Waals surface area contributed by atoms with Gasteiger partial charge in [0.25, 0.3) is 0 Å². The summed E-state index contributed by atoms with van der Waals surface area (Å²) < 4.78 is 16.5. The zero-order valence-corrected chi connectivity index (χ0v) is 21.9. The molecule has 1 amide bonds. The molecule has 3 aromatic rings. The SMILES string of the molecule is CC(=O)c1ccc2[nH]c(O)c(C(=NC3CCN(CC(=O)N4CCOCC4)CC3)c3ccc4c(c3)OCO4)c2c1. The quantitative estimate of drug-likeness (QED) is 0.370. The van der Waals surface area contributed by atoms with Crippen LogP contribution in [0.25, 0.3) is 10.9 Å². The third-order valence-corrected chi connectivity index (χ3v) is 7.66. The van der Waals surface area contributed by atoms with Crippen LogP contribution in [0.3, 0.4) is 0 Å². The van der Waals surface area contributed by atoms with E-state index in [-0.39, 0.29) is 30.4 Å². The van der Waals surface area contributed by atoms with Gasteiger partial charge in [0, 0.05) is 48.2 Å². The lowest BCUT2D eigenvalue weighted by Crippen LogP contribution is -2.47. The van der Waals surface area contributed by atoms with Crippen LogP contribution in [0.2, 0.25) is 0 Å². The van der Waals surface area contributed by atoms with Crippen molar-refractivity contribution in [2.45, 2.75) is 25.8 Å². The van der Waals surface area contributed by atoms with Crippen molar-refractivity contribution in [3.8, 4) is 17.4 Å². The Morgan fingerprint density at radius 1 is 1.00 bits per heavy atom. The lowest BCUT2D eigenvalue weighted by atomic mass is 9.97. The molecule has 0 atom stereocenters. The van der Waals surface area contributed by atoms with Crippen molar-refractivity contribution < 1.29 is 28.9 Å². The predicted molar refractivity (Wildman–Crippen MR) is 145 cm³/mol. The summed E-state index contributed by atoms with van der Waals surface area (Å²) in [7, 11) is 0. The molecule has 0 spiro atoms. The van der Waals surface area contributed by atoms with Gasteiger partial charge in [0.05, 0.1) is 37.1 Å². The molecule has 6 rings (SSSR count). The molecule has 2 saturated heterocycles. The topological polar surface area (TPSA) is 117 Å². The molecule has 204 valence electrons. The molecule has 0 radical (unpaired) electrons. The zero-order chi connectivity index (χ0) is 26.9. The second kappa shape index (κ2) is 10.7. The number of ketones is 1. The van der Waals surface area contributed by atoms with Crippen molar-refractivity contribution in [3.05, 3.63) is 53.1 Å². The summed E-state index contributed by atoms with van der Waals surface area (Å²) in [5.41, 5.74) is 3.24. The van der Waals surface area contributed by atoms with E-state index in [0.717, 1.165) is 42.4 Å². The van der Waals surface area contributed by atoms with Crippen molar-refractivity contribution in [2.75, 3.05) is 52.7 Å². The second-order valence-corrected chi connectivity index (χ2v) is 10.2. The number of aromatic hydroxyl groups is 1. The van der Waals surface area contributed by atoms with Gasteiger partial charge in [-0.1, -0.05) is 0 Å². The minimum atomic E-state index is -0.0518. The molecule has 0 bridgehead atoms. The number of aliphatic imine (C=N–C) groups is 1. The number of carbonyl (C=O) groups excluding carboxylic acids is 2. The van der Waals surface area contributed by atoms with Crippen LogP contribution in [0.1, 0.15) is 41.3 Å². The number of fused-ring (bicyclic) bond motifs is 2. The summed E-state index contributed by atoms with van der Waals surface area (Å²) in [6.07, 6.45) is 1.57. The van der Waals surface area contributed by atoms with Gasteiger partial charge in [-0.2, -0.15) is 0 Å². The zero-order valence-electron chi connectivity index (χ0n) is 21.9. The number of hydrogen-bond acceptors (Lipinski definition) is 8. The molecule has 3 aliphatic heterocycles. The Morgan fingerprint density at radius 2 is 1.74 bits per heavy atom. The first-order valence-electron chi connectivity index (χ1n) is 13.4. The molecule has 2 N–H and O–H groups in total. The molecule has 0 unspecified atom stereocenters. The normalized spacial score (nSPS) is 18.6. The fourth-order valence-corrected chi connectivity index (χ4v) is 5.46. The molecular weight excluding hydrogens is 500 g/mol. The fourth-order valence-electron chi connectivity index (χ4n) is 5.46. The van der Waals surface area contributed by atoms with Gasteiger partial charge in [-0.3, -0.25) is 19.5 Å². The number of rotatable bonds is 6. The van der Waals surface area contributed by atoms with Gasteiger partial charge in [0.2, 0.25) is 12.7 Å². The van der Waals surface area contributed by atoms with Gasteiger partial charge in [0.15, 0.2) is 23.2 Å². The number of Topliss-reactive ketones (excluding diaryl/α,β-unsaturated/α-hetero) is 1. The number of hydrogen-bond donors (Lipinski definition) is 2. The number of H-pyrrole nitrogens is 1. The largest absolute Gasteiger partial charge is 0.494 e. The summed E-state index contributed by atoms with van der Waals surface area (Å²) in [4.78, 5) is 37.1. The third-order valence-electron chi connectivity index (χ3n) is 7.66. The van der Waals surface area contributed by atoms with E-state index < -0.39 is 0 Å². The number of aromatic amines is 1. The first-order chi connectivity index (χ1) is 19.0. The number of likely N-dealkylation sites (tertiary alicyclic amines) is 1. The number of ether oxygens (including phenoxy) is 3. The minimum Gasteiger partial charge on any atom is -0.494 e. The summed E-state index contributed by atoms with van der Waals surface area (Å²) in [6.45, 7) is 6.10. The van der Waals surface area contributed by atoms with Crippen LogP contribution in [0.5, 0.6) is 17.4 Å². The molecular formula is C29H32N4O6. The van der Waals surface area contributed by atoms with Crippen molar-refractivity contribution in [1.29, 1.82) is 0 Å². The number of nitrogens with one attached hydrogen (secondary N) is 1. The van der Waals surface area contributed by atoms with Crippen LogP contribution >= 0.6 is 0 Å². The van der Waals surface area contributed by atoms with Crippen LogP contribution < -0.4 is 9.47 Å². The van der Waals surface area contributed by atoms with Crippen LogP contribution in [-0.4, -0.2) is 96.1 Å². The Balaban J connectivity index is 1.29. The monoisotopic (exact) mass is 532 g/mol. The Labute approximate surface area is 226 Å². The highest BCUT2D eigenvalue weighted by Gasteiger charge is 2.27. The highest BCUT2D eigenvalue weighted by Crippen LogP contribution is 2.36. The van der Waals surface area contributed by atoms with Gasteiger partial charge in [-0.05, 0) is 56.2 Å². The highest BCUT2D eigenvalue weighted by atomic mass is 16.7. The third kappa shape index (κ3) is 5.22. The first kappa shape index (κ1) is 25.4. The van der Waals surface area contributed by atoms with Gasteiger partial charge in [-0.25, -0.2) is 0 Å². The van der Waals surface area contributed by atoms with E-state index in [1.54, 1.807) is 18.2 Å². The van der Waals surface area contributed by atoms with Gasteiger partial charge < -0.3 is 29.2 Å². The van der Waals surface area contributed by atoms with Crippen LogP contribution in [0.4, 0.5) is 0 Å². The van der Waals surface area contributed by atoms with E-state index in [4.69, 9.17) is 19.2 Å². The fraction of sp³-hybridized carbons (Fsp3) is 0.414. The van der Waals surface area contributed by atoms with Gasteiger partial charge in [0.1, 0.15) is 0 Å². The number of piperidine rings is 1. The second-order valence-electron chi connectivity index (χ2n) is 10.2. The average Bonchev–Trinajstić information content (AvgIpc) is 3.55. The highest BCUT2D eigenvalue weighted by molar-refractivity contribution is 6.22. The first-order valence-corrected chi connectivity index (χ1v) is 13.4. The van der Waals surface area contributed by atoms with Gasteiger partial charge in [-0.15, -0.1) is 0 Å². The van der Waals surface area contributed by atoms with E-state index in [1.165, 1.54) is 6.92 Å². The smallest absolute Gasteiger partial charge is 0.236 e. The molecule has 2 fully saturated rings. The molecule has 10 heteroatoms. The molecule has 2 aromatic carbocycles. The van der Waals surface area contributed by atoms with E-state index in [9.17, 15) is 14.7 Å². The molecule has 3 aliphatic rings. The lowest BCUT2D eigenvalue weighted by molar-refractivity contribution is -0.136. The number of morpholine rings is 1. The Hall–Kier alpha value is -3.89. The Bertz CT molecular complexity index is 1430. The minimum absolute atomic E-state index is 0.000464. The number of amides is 1. The van der Waals surface area contributed by atoms with Crippen molar-refractivity contribution in [3.63, 3.8) is 0 Å². The molecule has 0 aliphatic carbocycles. The molecule has 10 nitrogen and oxygen atoms in total. The summed E-state index contributed by atoms with van der Waals surface area (Å²) in [6, 6.07) is 11.0. The average molecular weight is 533 g/mol. The maximum absolute atomic E-state index is 12.7. The molecule has 4 heterocycles. The van der Waals surface area contributed by atoms with Crippen LogP contribution in [-0.2, 0) is 9.53 Å². The van der Waals surface area contributed by atoms with Gasteiger partial charge >= 0.3 is 0 Å². The number of nitrogens with zero attached hydrogens (tertiary/aromatic N) is 3. The van der Waals surface area contributed by atoms with Crippen LogP contribution in [0.15, 0.2) is 41.4 Å². The number of benzene rings is 2. The summed E-state index contributed by atoms with van der Waals surface area (Å²) >= 11 is 0. The standard InChI is InChI=1S/C29H32N4O6/c1-18(34)19-2-4-23-22(14-19)27(29(36)31-23)28(20-3-5-24-25(15-20)39-17-38-24)30-21-6-8-32(9-7-21)16-26(35)33-10-12-37-13-11-33/h2-5,14-15,21,31,36H,6-13,16-17H2,1H3. The van der Waals surface area contributed by atoms with Crippen molar-refractivity contribution >= 4 is 28.3 Å². The summed E-state index contributed by atoms with van der Waals surface area (Å²) in [5, 5.41) is 11.8. The number of carbonyl (C=O) groups is 2. The molecule has 39 heavy (non-hydrogen) atoms. The van der Waals surface area contributed by atoms with Crippen molar-refractivity contribution in [1.82, 2.24) is 14.8 Å².